The molecule has 0 spiro atoms. The van der Waals surface area contributed by atoms with Crippen LogP contribution in [0.25, 0.3) is 6.08 Å². The summed E-state index contributed by atoms with van der Waals surface area (Å²) in [5.74, 6) is -0.103. The van der Waals surface area contributed by atoms with Crippen LogP contribution in [0.1, 0.15) is 15.9 Å². The van der Waals surface area contributed by atoms with Crippen molar-refractivity contribution in [3.63, 3.8) is 0 Å². The molecule has 0 bridgehead atoms. The fourth-order valence-corrected chi connectivity index (χ4v) is 4.01. The Morgan fingerprint density at radius 3 is 2.25 bits per heavy atom. The molecular weight excluding hydrogens is 466 g/mol. The highest BCUT2D eigenvalue weighted by Crippen LogP contribution is 2.21. The van der Waals surface area contributed by atoms with Crippen molar-refractivity contribution in [2.75, 3.05) is 36.4 Å². The number of nitrogens with zero attached hydrogens (tertiary/aromatic N) is 2. The van der Waals surface area contributed by atoms with Crippen LogP contribution in [0.15, 0.2) is 89.4 Å². The zero-order valence-corrected chi connectivity index (χ0v) is 19.2. The van der Waals surface area contributed by atoms with Crippen LogP contribution in [-0.4, -0.2) is 42.9 Å². The number of carbonyl (C=O) groups is 2. The predicted molar refractivity (Wildman–Crippen MR) is 133 cm³/mol. The highest BCUT2D eigenvalue weighted by atomic mass is 79.9. The Balaban J connectivity index is 1.29. The van der Waals surface area contributed by atoms with Crippen LogP contribution in [0.3, 0.4) is 0 Å². The lowest BCUT2D eigenvalue weighted by Crippen LogP contribution is -2.48. The second kappa shape index (κ2) is 10.3. The Morgan fingerprint density at radius 1 is 0.844 bits per heavy atom. The number of amides is 2. The average molecular weight is 490 g/mol. The summed E-state index contributed by atoms with van der Waals surface area (Å²) < 4.78 is 0.869. The van der Waals surface area contributed by atoms with E-state index in [0.29, 0.717) is 18.7 Å². The molecule has 32 heavy (non-hydrogen) atoms. The first-order valence-corrected chi connectivity index (χ1v) is 11.3. The molecule has 0 saturated carbocycles. The van der Waals surface area contributed by atoms with Crippen molar-refractivity contribution < 1.29 is 9.59 Å². The number of carbonyl (C=O) groups excluding carboxylic acids is 2. The molecule has 3 aromatic rings. The number of hydrogen-bond acceptors (Lipinski definition) is 3. The molecule has 6 heteroatoms. The maximum atomic E-state index is 12.5. The number of benzene rings is 3. The SMILES string of the molecule is O=C(Nc1ccc(N2CCN(C(=O)/C=C/c3ccccc3)CC2)cc1)c1cccc(Br)c1. The molecule has 4 rings (SSSR count). The summed E-state index contributed by atoms with van der Waals surface area (Å²) in [4.78, 5) is 29.0. The van der Waals surface area contributed by atoms with Gasteiger partial charge in [0.1, 0.15) is 0 Å². The maximum absolute atomic E-state index is 12.5. The molecule has 1 saturated heterocycles. The van der Waals surface area contributed by atoms with Gasteiger partial charge in [-0.25, -0.2) is 0 Å². The summed E-state index contributed by atoms with van der Waals surface area (Å²) in [5, 5.41) is 2.93. The number of piperazine rings is 1. The Morgan fingerprint density at radius 2 is 1.56 bits per heavy atom. The molecule has 1 fully saturated rings. The zero-order valence-electron chi connectivity index (χ0n) is 17.6. The minimum Gasteiger partial charge on any atom is -0.368 e. The molecule has 0 radical (unpaired) electrons. The van der Waals surface area contributed by atoms with Crippen LogP contribution in [0.4, 0.5) is 11.4 Å². The maximum Gasteiger partial charge on any atom is 0.255 e. The lowest BCUT2D eigenvalue weighted by molar-refractivity contribution is -0.126. The van der Waals surface area contributed by atoms with E-state index in [1.54, 1.807) is 18.2 Å². The number of anilines is 2. The number of halogens is 1. The van der Waals surface area contributed by atoms with Crippen molar-refractivity contribution in [1.29, 1.82) is 0 Å². The lowest BCUT2D eigenvalue weighted by atomic mass is 10.2. The van der Waals surface area contributed by atoms with Gasteiger partial charge >= 0.3 is 0 Å². The van der Waals surface area contributed by atoms with Gasteiger partial charge in [0.15, 0.2) is 0 Å². The summed E-state index contributed by atoms with van der Waals surface area (Å²) in [7, 11) is 0. The fourth-order valence-electron chi connectivity index (χ4n) is 3.61. The molecule has 1 heterocycles. The van der Waals surface area contributed by atoms with Crippen molar-refractivity contribution in [3.8, 4) is 0 Å². The van der Waals surface area contributed by atoms with Gasteiger partial charge in [0.05, 0.1) is 0 Å². The van der Waals surface area contributed by atoms with Crippen LogP contribution in [0.5, 0.6) is 0 Å². The fraction of sp³-hybridized carbons (Fsp3) is 0.154. The van der Waals surface area contributed by atoms with Crippen LogP contribution >= 0.6 is 15.9 Å². The van der Waals surface area contributed by atoms with Gasteiger partial charge in [0.2, 0.25) is 5.91 Å². The van der Waals surface area contributed by atoms with E-state index in [9.17, 15) is 9.59 Å². The molecule has 2 amide bonds. The second-order valence-electron chi connectivity index (χ2n) is 7.57. The molecule has 1 aliphatic rings. The first-order chi connectivity index (χ1) is 15.6. The number of rotatable bonds is 5. The molecule has 0 aromatic heterocycles. The summed E-state index contributed by atoms with van der Waals surface area (Å²) in [6.45, 7) is 2.90. The molecule has 0 unspecified atom stereocenters. The van der Waals surface area contributed by atoms with Gasteiger partial charge in [0, 0.05) is 53.7 Å². The highest BCUT2D eigenvalue weighted by molar-refractivity contribution is 9.10. The minimum absolute atomic E-state index is 0.0408. The molecule has 0 atom stereocenters. The second-order valence-corrected chi connectivity index (χ2v) is 8.48. The van der Waals surface area contributed by atoms with E-state index in [0.717, 1.165) is 34.5 Å². The summed E-state index contributed by atoms with van der Waals surface area (Å²) >= 11 is 3.39. The van der Waals surface area contributed by atoms with Crippen molar-refractivity contribution in [1.82, 2.24) is 4.90 Å². The molecule has 3 aromatic carbocycles. The summed E-state index contributed by atoms with van der Waals surface area (Å²) in [6, 6.07) is 25.0. The van der Waals surface area contributed by atoms with Gasteiger partial charge in [-0.1, -0.05) is 52.3 Å². The van der Waals surface area contributed by atoms with Gasteiger partial charge in [-0.15, -0.1) is 0 Å². The average Bonchev–Trinajstić information content (AvgIpc) is 2.84. The van der Waals surface area contributed by atoms with Gasteiger partial charge in [0.25, 0.3) is 5.91 Å². The molecule has 5 nitrogen and oxygen atoms in total. The first kappa shape index (κ1) is 21.8. The van der Waals surface area contributed by atoms with Gasteiger partial charge in [-0.3, -0.25) is 9.59 Å². The van der Waals surface area contributed by atoms with Crippen molar-refractivity contribution in [2.45, 2.75) is 0 Å². The van der Waals surface area contributed by atoms with Crippen LogP contribution in [-0.2, 0) is 4.79 Å². The lowest BCUT2D eigenvalue weighted by Gasteiger charge is -2.35. The third-order valence-electron chi connectivity index (χ3n) is 5.39. The third kappa shape index (κ3) is 5.65. The number of nitrogens with one attached hydrogen (secondary N) is 1. The van der Waals surface area contributed by atoms with E-state index >= 15 is 0 Å². The normalized spacial score (nSPS) is 13.9. The van der Waals surface area contributed by atoms with E-state index < -0.39 is 0 Å². The molecular formula is C26H24BrN3O2. The molecule has 162 valence electrons. The summed E-state index contributed by atoms with van der Waals surface area (Å²) in [5.41, 5.74) is 3.45. The quantitative estimate of drug-likeness (QED) is 0.509. The third-order valence-corrected chi connectivity index (χ3v) is 5.88. The highest BCUT2D eigenvalue weighted by Gasteiger charge is 2.20. The minimum atomic E-state index is -0.144. The zero-order chi connectivity index (χ0) is 22.3. The van der Waals surface area contributed by atoms with E-state index in [1.807, 2.05) is 77.7 Å². The van der Waals surface area contributed by atoms with Crippen molar-refractivity contribution >= 4 is 45.2 Å². The number of hydrogen-bond donors (Lipinski definition) is 1. The predicted octanol–water partition coefficient (Wildman–Crippen LogP) is 5.06. The largest absolute Gasteiger partial charge is 0.368 e. The topological polar surface area (TPSA) is 52.7 Å². The Bertz CT molecular complexity index is 1110. The van der Waals surface area contributed by atoms with Gasteiger partial charge in [-0.2, -0.15) is 0 Å². The van der Waals surface area contributed by atoms with E-state index in [2.05, 4.69) is 26.1 Å². The van der Waals surface area contributed by atoms with Gasteiger partial charge < -0.3 is 15.1 Å². The van der Waals surface area contributed by atoms with Crippen LogP contribution < -0.4 is 10.2 Å². The van der Waals surface area contributed by atoms with Crippen LogP contribution in [0.2, 0.25) is 0 Å². The van der Waals surface area contributed by atoms with E-state index in [4.69, 9.17) is 0 Å². The van der Waals surface area contributed by atoms with Gasteiger partial charge in [-0.05, 0) is 54.1 Å². The van der Waals surface area contributed by atoms with Crippen LogP contribution in [0, 0.1) is 0 Å². The van der Waals surface area contributed by atoms with Crippen molar-refractivity contribution in [2.24, 2.45) is 0 Å². The standard InChI is InChI=1S/C26H24BrN3O2/c27-22-8-4-7-21(19-22)26(32)28-23-10-12-24(13-11-23)29-15-17-30(18-16-29)25(31)14-9-20-5-2-1-3-6-20/h1-14,19H,15-18H2,(H,28,32)/b14-9+. The molecule has 0 aliphatic carbocycles. The Hall–Kier alpha value is -3.38. The first-order valence-electron chi connectivity index (χ1n) is 10.5. The molecule has 1 N–H and O–H groups in total. The van der Waals surface area contributed by atoms with Crippen molar-refractivity contribution in [3.05, 3.63) is 101 Å². The van der Waals surface area contributed by atoms with E-state index in [1.165, 1.54) is 0 Å². The smallest absolute Gasteiger partial charge is 0.255 e. The molecule has 1 aliphatic heterocycles. The Kier molecular flexibility index (Phi) is 7.02. The summed E-state index contributed by atoms with van der Waals surface area (Å²) in [6.07, 6.45) is 3.50. The monoisotopic (exact) mass is 489 g/mol. The Labute approximate surface area is 196 Å². The van der Waals surface area contributed by atoms with E-state index in [-0.39, 0.29) is 11.8 Å².